The fraction of sp³-hybridized carbons (Fsp3) is 0.727. The van der Waals surface area contributed by atoms with Crippen LogP contribution in [0.1, 0.15) is 34.1 Å². The van der Waals surface area contributed by atoms with Crippen molar-refractivity contribution in [3.8, 4) is 0 Å². The van der Waals surface area contributed by atoms with Crippen LogP contribution in [-0.2, 0) is 11.2 Å². The van der Waals surface area contributed by atoms with Crippen LogP contribution in [0.3, 0.4) is 0 Å². The molecule has 0 aromatic carbocycles. The van der Waals surface area contributed by atoms with Gasteiger partial charge in [-0.2, -0.15) is 5.10 Å². The molecule has 17 heavy (non-hydrogen) atoms. The summed E-state index contributed by atoms with van der Waals surface area (Å²) in [6.07, 6.45) is 2.84. The largest absolute Gasteiger partial charge is 0.513 e. The van der Waals surface area contributed by atoms with E-state index in [0.29, 0.717) is 5.59 Å². The second-order valence-electron chi connectivity index (χ2n) is 4.87. The maximum atomic E-state index is 9.93. The summed E-state index contributed by atoms with van der Waals surface area (Å²) in [5.41, 5.74) is -0.0688. The van der Waals surface area contributed by atoms with Crippen LogP contribution in [0.2, 0.25) is 5.82 Å². The number of hydrogen-bond acceptors (Lipinski definition) is 3. The topological polar surface area (TPSA) is 47.3 Å². The first-order valence-corrected chi connectivity index (χ1v) is 6.01. The van der Waals surface area contributed by atoms with E-state index < -0.39 is 12.7 Å². The lowest BCUT2D eigenvalue weighted by atomic mass is 9.74. The van der Waals surface area contributed by atoms with Crippen molar-refractivity contribution in [2.75, 3.05) is 0 Å². The highest BCUT2D eigenvalue weighted by Gasteiger charge is 2.31. The van der Waals surface area contributed by atoms with Gasteiger partial charge in [-0.15, -0.1) is 0 Å². The zero-order valence-corrected chi connectivity index (χ0v) is 11.1. The molecule has 0 spiro atoms. The van der Waals surface area contributed by atoms with Crippen LogP contribution in [-0.4, -0.2) is 35.4 Å². The van der Waals surface area contributed by atoms with E-state index in [4.69, 9.17) is 12.5 Å². The van der Waals surface area contributed by atoms with Gasteiger partial charge in [0.25, 0.3) is 0 Å². The molecule has 1 unspecified atom stereocenters. The van der Waals surface area contributed by atoms with E-state index in [0.717, 1.165) is 13.0 Å². The fourth-order valence-corrected chi connectivity index (χ4v) is 1.32. The molecule has 92 valence electrons. The predicted molar refractivity (Wildman–Crippen MR) is 70.5 cm³/mol. The zero-order valence-electron chi connectivity index (χ0n) is 11.1. The molecule has 0 aliphatic heterocycles. The van der Waals surface area contributed by atoms with Crippen molar-refractivity contribution >= 4 is 20.6 Å². The van der Waals surface area contributed by atoms with Gasteiger partial charge in [-0.1, -0.05) is 19.7 Å². The van der Waals surface area contributed by atoms with E-state index in [1.807, 2.05) is 27.0 Å². The molecule has 0 aliphatic carbocycles. The minimum atomic E-state index is -1.03. The Bertz CT molecular complexity index is 353. The lowest BCUT2D eigenvalue weighted by Crippen LogP contribution is -2.44. The first kappa shape index (κ1) is 14.3. The SMILES string of the molecule is [B]C(C)C(C)(C)OB(O)c1ccn(CCC)n1. The van der Waals surface area contributed by atoms with Crippen LogP contribution in [0.4, 0.5) is 0 Å². The molecule has 1 heterocycles. The highest BCUT2D eigenvalue weighted by molar-refractivity contribution is 6.59. The van der Waals surface area contributed by atoms with Gasteiger partial charge in [-0.3, -0.25) is 4.68 Å². The quantitative estimate of drug-likeness (QED) is 0.738. The third kappa shape index (κ3) is 3.89. The summed E-state index contributed by atoms with van der Waals surface area (Å²) in [5.74, 6) is -0.171. The van der Waals surface area contributed by atoms with Crippen molar-refractivity contribution in [2.24, 2.45) is 0 Å². The standard InChI is InChI=1S/C11H20B2N2O2/c1-5-7-15-8-6-10(14-15)13(16)17-11(3,4)9(2)12/h6,8-9,16H,5,7H2,1-4H3. The van der Waals surface area contributed by atoms with Gasteiger partial charge in [0, 0.05) is 18.3 Å². The number of hydrogen-bond donors (Lipinski definition) is 1. The van der Waals surface area contributed by atoms with Gasteiger partial charge >= 0.3 is 7.12 Å². The Balaban J connectivity index is 2.66. The molecule has 0 bridgehead atoms. The zero-order chi connectivity index (χ0) is 13.1. The van der Waals surface area contributed by atoms with Gasteiger partial charge in [0.05, 0.1) is 13.4 Å². The van der Waals surface area contributed by atoms with Crippen molar-refractivity contribution in [1.29, 1.82) is 0 Å². The maximum absolute atomic E-state index is 9.93. The van der Waals surface area contributed by atoms with Crippen LogP contribution in [0.25, 0.3) is 0 Å². The first-order valence-electron chi connectivity index (χ1n) is 6.01. The smallest absolute Gasteiger partial charge is 0.422 e. The molecule has 1 aromatic rings. The minimum absolute atomic E-state index is 0.171. The normalized spacial score (nSPS) is 13.7. The third-order valence-corrected chi connectivity index (χ3v) is 2.88. The molecule has 0 saturated heterocycles. The molecule has 0 aliphatic rings. The first-order chi connectivity index (χ1) is 7.86. The number of nitrogens with zero attached hydrogens (tertiary/aromatic N) is 2. The summed E-state index contributed by atoms with van der Waals surface area (Å²) in [4.78, 5) is 0. The Kier molecular flexibility index (Phi) is 4.83. The van der Waals surface area contributed by atoms with Crippen LogP contribution < -0.4 is 5.59 Å². The molecule has 0 saturated carbocycles. The van der Waals surface area contributed by atoms with Crippen LogP contribution in [0, 0.1) is 0 Å². The highest BCUT2D eigenvalue weighted by Crippen LogP contribution is 2.23. The molecular formula is C11H20B2N2O2. The van der Waals surface area contributed by atoms with Crippen LogP contribution >= 0.6 is 0 Å². The van der Waals surface area contributed by atoms with Crippen molar-refractivity contribution in [3.63, 3.8) is 0 Å². The Hall–Kier alpha value is -0.740. The van der Waals surface area contributed by atoms with E-state index >= 15 is 0 Å². The van der Waals surface area contributed by atoms with E-state index in [1.165, 1.54) is 0 Å². The van der Waals surface area contributed by atoms with Crippen LogP contribution in [0.5, 0.6) is 0 Å². The average Bonchev–Trinajstić information content (AvgIpc) is 2.66. The van der Waals surface area contributed by atoms with Crippen molar-refractivity contribution < 1.29 is 9.68 Å². The van der Waals surface area contributed by atoms with Gasteiger partial charge in [-0.25, -0.2) is 0 Å². The molecule has 2 radical (unpaired) electrons. The fourth-order valence-electron chi connectivity index (χ4n) is 1.32. The molecule has 1 rings (SSSR count). The lowest BCUT2D eigenvalue weighted by Gasteiger charge is -2.31. The third-order valence-electron chi connectivity index (χ3n) is 2.88. The molecule has 1 N–H and O–H groups in total. The van der Waals surface area contributed by atoms with Crippen LogP contribution in [0.15, 0.2) is 12.3 Å². The maximum Gasteiger partial charge on any atom is 0.513 e. The summed E-state index contributed by atoms with van der Waals surface area (Å²) >= 11 is 0. The number of rotatable bonds is 6. The van der Waals surface area contributed by atoms with Crippen molar-refractivity contribution in [1.82, 2.24) is 9.78 Å². The summed E-state index contributed by atoms with van der Waals surface area (Å²) < 4.78 is 7.32. The van der Waals surface area contributed by atoms with Gasteiger partial charge in [-0.05, 0) is 26.3 Å². The summed E-state index contributed by atoms with van der Waals surface area (Å²) in [5, 5.41) is 14.2. The van der Waals surface area contributed by atoms with Gasteiger partial charge in [0.1, 0.15) is 0 Å². The molecule has 1 aromatic heterocycles. The second kappa shape index (κ2) is 5.74. The average molecular weight is 234 g/mol. The second-order valence-corrected chi connectivity index (χ2v) is 4.87. The summed E-state index contributed by atoms with van der Waals surface area (Å²) in [6, 6.07) is 1.76. The number of aromatic nitrogens is 2. The van der Waals surface area contributed by atoms with Crippen molar-refractivity contribution in [3.05, 3.63) is 12.3 Å². The van der Waals surface area contributed by atoms with Gasteiger partial charge in [0.15, 0.2) is 0 Å². The molecular weight excluding hydrogens is 214 g/mol. The minimum Gasteiger partial charge on any atom is -0.422 e. The molecule has 4 nitrogen and oxygen atoms in total. The Labute approximate surface area is 105 Å². The summed E-state index contributed by atoms with van der Waals surface area (Å²) in [7, 11) is 4.75. The molecule has 0 fully saturated rings. The van der Waals surface area contributed by atoms with E-state index in [9.17, 15) is 5.02 Å². The monoisotopic (exact) mass is 234 g/mol. The summed E-state index contributed by atoms with van der Waals surface area (Å²) in [6.45, 7) is 8.47. The highest BCUT2D eigenvalue weighted by atomic mass is 16.5. The van der Waals surface area contributed by atoms with E-state index in [-0.39, 0.29) is 5.82 Å². The molecule has 1 atom stereocenters. The van der Waals surface area contributed by atoms with E-state index in [2.05, 4.69) is 12.0 Å². The van der Waals surface area contributed by atoms with E-state index in [1.54, 1.807) is 10.7 Å². The van der Waals surface area contributed by atoms with Gasteiger partial charge < -0.3 is 9.68 Å². The lowest BCUT2D eigenvalue weighted by molar-refractivity contribution is 0.0843. The number of aryl methyl sites for hydroxylation is 1. The Morgan fingerprint density at radius 2 is 2.29 bits per heavy atom. The van der Waals surface area contributed by atoms with Crippen molar-refractivity contribution in [2.45, 2.75) is 52.1 Å². The molecule has 6 heteroatoms. The Morgan fingerprint density at radius 1 is 1.65 bits per heavy atom. The predicted octanol–water partition coefficient (Wildman–Crippen LogP) is 0.753. The van der Waals surface area contributed by atoms with Gasteiger partial charge in [0.2, 0.25) is 0 Å². The molecule has 0 amide bonds. The Morgan fingerprint density at radius 3 is 2.82 bits per heavy atom.